The Bertz CT molecular complexity index is 1940. The van der Waals surface area contributed by atoms with Gasteiger partial charge in [-0.15, -0.1) is 120 Å². The zero-order valence-electron chi connectivity index (χ0n) is 38.3. The molecule has 6 heteroatoms. The average Bonchev–Trinajstić information content (AvgIpc) is 4.13. The Morgan fingerprint density at radius 2 is 0.581 bits per heavy atom. The van der Waals surface area contributed by atoms with Gasteiger partial charge in [0.1, 0.15) is 0 Å². The van der Waals surface area contributed by atoms with E-state index < -0.39 is 0 Å². The number of hydrogen-bond donors (Lipinski definition) is 0. The monoisotopic (exact) mass is 1220 g/mol. The fourth-order valence-corrected chi connectivity index (χ4v) is 6.25. The molecule has 0 N–H and O–H groups in total. The zero-order valence-corrected chi connectivity index (χ0v) is 49.1. The molecule has 4 aliphatic rings. The van der Waals surface area contributed by atoms with E-state index in [2.05, 4.69) is 224 Å². The summed E-state index contributed by atoms with van der Waals surface area (Å²) < 4.78 is 0. The number of benzene rings is 4. The van der Waals surface area contributed by atoms with Crippen molar-refractivity contribution in [3.8, 4) is 0 Å². The first kappa shape index (κ1) is 57.6. The number of hydrogen-bond acceptors (Lipinski definition) is 0. The molecule has 4 aliphatic carbocycles. The molecule has 0 unspecified atom stereocenters. The largest absolute Gasteiger partial charge is 0.147 e. The van der Waals surface area contributed by atoms with E-state index in [1.807, 2.05) is 0 Å². The van der Waals surface area contributed by atoms with E-state index in [4.69, 9.17) is 0 Å². The van der Waals surface area contributed by atoms with E-state index in [1.165, 1.54) is 113 Å². The van der Waals surface area contributed by atoms with E-state index >= 15 is 0 Å². The average molecular weight is 1220 g/mol. The smallest absolute Gasteiger partial charge is 0.147 e. The Labute approximate surface area is 419 Å². The van der Waals surface area contributed by atoms with Crippen LogP contribution in [0.25, 0.3) is 22.3 Å². The number of rotatable bonds is 8. The van der Waals surface area contributed by atoms with Gasteiger partial charge in [0.05, 0.1) is 0 Å². The van der Waals surface area contributed by atoms with Crippen LogP contribution >= 0.6 is 24.8 Å². The summed E-state index contributed by atoms with van der Waals surface area (Å²) in [6.07, 6.45) is 38.8. The van der Waals surface area contributed by atoms with Crippen LogP contribution in [0, 0.1) is 24.3 Å². The molecule has 320 valence electrons. The topological polar surface area (TPSA) is 0 Å². The predicted octanol–water partition coefficient (Wildman–Crippen LogP) is 16.0. The minimum Gasteiger partial charge on any atom is -0.147 e. The van der Waals surface area contributed by atoms with Crippen LogP contribution in [0.1, 0.15) is 97.9 Å². The molecule has 4 aromatic carbocycles. The third-order valence-electron chi connectivity index (χ3n) is 9.36. The van der Waals surface area contributed by atoms with Gasteiger partial charge in [-0.05, 0) is 25.7 Å². The third kappa shape index (κ3) is 23.0. The Hall–Kier alpha value is -2.45. The predicted molar refractivity (Wildman–Crippen MR) is 274 cm³/mol. The van der Waals surface area contributed by atoms with Gasteiger partial charge in [-0.25, -0.2) is 0 Å². The van der Waals surface area contributed by atoms with Gasteiger partial charge in [0.2, 0.25) is 0 Å². The van der Waals surface area contributed by atoms with Crippen molar-refractivity contribution in [1.82, 2.24) is 0 Å². The maximum Gasteiger partial charge on any atom is -0.147 e. The molecular weight excluding hydrogens is 1160 g/mol. The quantitative estimate of drug-likeness (QED) is 0.122. The van der Waals surface area contributed by atoms with E-state index in [0.717, 1.165) is 51.4 Å². The summed E-state index contributed by atoms with van der Waals surface area (Å²) in [5, 5.41) is 0. The van der Waals surface area contributed by atoms with Crippen molar-refractivity contribution in [3.63, 3.8) is 0 Å². The van der Waals surface area contributed by atoms with Crippen LogP contribution < -0.4 is 0 Å². The molecule has 0 bridgehead atoms. The molecule has 0 aliphatic heterocycles. The Kier molecular flexibility index (Phi) is 31.6. The molecule has 0 spiro atoms. The summed E-state index contributed by atoms with van der Waals surface area (Å²) in [7, 11) is 0. The second-order valence-corrected chi connectivity index (χ2v) is 40.6. The van der Waals surface area contributed by atoms with E-state index in [0.29, 0.717) is 0 Å². The van der Waals surface area contributed by atoms with E-state index in [1.54, 1.807) is 0 Å². The first-order chi connectivity index (χ1) is 29.1. The van der Waals surface area contributed by atoms with Gasteiger partial charge in [0.25, 0.3) is 0 Å². The molecule has 0 aromatic heterocycles. The minimum atomic E-state index is 0. The normalized spacial score (nSPS) is 13.2. The SMILES string of the molecule is CCc1cccc(C2=[C-]CC=C2)c1.CCc1cccc(C2=[C-]CC=C2)c1.CCc1cccc(C2=[C-]CC=C2)c1.CCc1cccc(C2=[C-]CC=C2)c1.C[Si](C)=[Hf+2].C[Si](C)=[Hf+2].Cl.Cl. The maximum absolute atomic E-state index is 3.33. The summed E-state index contributed by atoms with van der Waals surface area (Å²) in [5.74, 6) is 0. The Morgan fingerprint density at radius 3 is 0.726 bits per heavy atom. The van der Waals surface area contributed by atoms with E-state index in [-0.39, 0.29) is 35.8 Å². The van der Waals surface area contributed by atoms with Crippen molar-refractivity contribution in [2.45, 2.75) is 105 Å². The molecule has 0 amide bonds. The molecule has 0 saturated heterocycles. The first-order valence-electron chi connectivity index (χ1n) is 21.6. The second-order valence-electron chi connectivity index (χ2n) is 15.0. The second kappa shape index (κ2) is 34.0. The van der Waals surface area contributed by atoms with Crippen LogP contribution in [0.4, 0.5) is 0 Å². The van der Waals surface area contributed by atoms with Gasteiger partial charge in [-0.1, -0.05) is 124 Å². The van der Waals surface area contributed by atoms with Gasteiger partial charge < -0.3 is 0 Å². The van der Waals surface area contributed by atoms with Crippen LogP contribution in [0.15, 0.2) is 146 Å². The molecule has 62 heavy (non-hydrogen) atoms. The zero-order chi connectivity index (χ0) is 43.5. The van der Waals surface area contributed by atoms with Gasteiger partial charge in [-0.2, -0.15) is 70.9 Å². The van der Waals surface area contributed by atoms with Crippen molar-refractivity contribution < 1.29 is 46.0 Å². The Balaban J connectivity index is 0.000000386. The summed E-state index contributed by atoms with van der Waals surface area (Å²) in [5.41, 5.74) is 16.3. The van der Waals surface area contributed by atoms with Crippen molar-refractivity contribution in [2.24, 2.45) is 0 Å². The molecule has 0 atom stereocenters. The molecule has 0 nitrogen and oxygen atoms in total. The summed E-state index contributed by atoms with van der Waals surface area (Å²) in [6, 6.07) is 34.7. The molecule has 0 radical (unpaired) electrons. The maximum atomic E-state index is 3.33. The summed E-state index contributed by atoms with van der Waals surface area (Å²) >= 11 is 2.90. The molecular formula is C56H66Cl2Hf2Si2. The van der Waals surface area contributed by atoms with Crippen molar-refractivity contribution in [3.05, 3.63) is 214 Å². The van der Waals surface area contributed by atoms with E-state index in [9.17, 15) is 0 Å². The minimum absolute atomic E-state index is 0. The fraction of sp³-hybridized carbons (Fsp3) is 0.286. The van der Waals surface area contributed by atoms with Gasteiger partial charge in [0.15, 0.2) is 0 Å². The number of halogens is 2. The standard InChI is InChI=1S/4C13H13.2C2H6Si.2ClH.2Hf/c4*1-2-11-6-5-9-13(10-11)12-7-3-4-8-12;2*1-3-2;;;;/h4*3,5-7,9-10H,2,4H2,1H3;2*1-2H3;2*1H;;/q4*-1;;;;;2*+2. The van der Waals surface area contributed by atoms with Crippen LogP contribution in [0.3, 0.4) is 0 Å². The Morgan fingerprint density at radius 1 is 0.387 bits per heavy atom. The number of aryl methyl sites for hydroxylation is 4. The first-order valence-corrected chi connectivity index (χ1v) is 37.3. The van der Waals surface area contributed by atoms with Crippen molar-refractivity contribution in [2.75, 3.05) is 0 Å². The van der Waals surface area contributed by atoms with Crippen molar-refractivity contribution in [1.29, 1.82) is 0 Å². The van der Waals surface area contributed by atoms with Crippen LogP contribution in [0.2, 0.25) is 26.2 Å². The van der Waals surface area contributed by atoms with Gasteiger partial charge in [0, 0.05) is 0 Å². The molecule has 0 fully saturated rings. The third-order valence-corrected chi connectivity index (χ3v) is 9.36. The molecule has 0 saturated carbocycles. The van der Waals surface area contributed by atoms with Crippen molar-refractivity contribution >= 4 is 58.1 Å². The summed E-state index contributed by atoms with van der Waals surface area (Å²) in [4.78, 5) is 0. The van der Waals surface area contributed by atoms with Crippen LogP contribution in [-0.4, -0.2) is 11.0 Å². The molecule has 4 aromatic rings. The van der Waals surface area contributed by atoms with Crippen LogP contribution in [-0.2, 0) is 71.7 Å². The molecule has 8 rings (SSSR count). The molecule has 0 heterocycles. The van der Waals surface area contributed by atoms with Crippen LogP contribution in [0.5, 0.6) is 0 Å². The van der Waals surface area contributed by atoms with Gasteiger partial charge >= 0.3 is 83.2 Å². The fourth-order valence-electron chi connectivity index (χ4n) is 6.25. The van der Waals surface area contributed by atoms with Gasteiger partial charge in [-0.3, -0.25) is 0 Å². The number of allylic oxidation sites excluding steroid dienone is 16. The summed E-state index contributed by atoms with van der Waals surface area (Å²) in [6.45, 7) is 18.0.